The Kier molecular flexibility index (Phi) is 4.27. The molecule has 0 amide bonds. The number of hydrogen-bond acceptors (Lipinski definition) is 3. The van der Waals surface area contributed by atoms with Gasteiger partial charge in [0.05, 0.1) is 6.33 Å². The van der Waals surface area contributed by atoms with Crippen LogP contribution in [0.3, 0.4) is 0 Å². The summed E-state index contributed by atoms with van der Waals surface area (Å²) in [6.07, 6.45) is 7.26. The third-order valence-electron chi connectivity index (χ3n) is 3.72. The number of hydrogen-bond donors (Lipinski definition) is 0. The molecule has 7 heteroatoms. The molecule has 0 aliphatic carbocycles. The number of imidazole rings is 1. The van der Waals surface area contributed by atoms with Gasteiger partial charge in [-0.15, -0.1) is 0 Å². The molecule has 2 heterocycles. The van der Waals surface area contributed by atoms with E-state index in [1.807, 2.05) is 24.6 Å². The van der Waals surface area contributed by atoms with Crippen LogP contribution in [-0.4, -0.2) is 52.8 Å². The van der Waals surface area contributed by atoms with Crippen LogP contribution in [0.5, 0.6) is 0 Å². The Hall–Kier alpha value is -0.920. The van der Waals surface area contributed by atoms with Crippen LogP contribution in [0, 0.1) is 0 Å². The summed E-state index contributed by atoms with van der Waals surface area (Å²) in [5.41, 5.74) is 0. The normalized spacial score (nSPS) is 22.3. The van der Waals surface area contributed by atoms with Gasteiger partial charge in [-0.25, -0.2) is 4.98 Å². The lowest BCUT2D eigenvalue weighted by atomic mass is 10.1. The molecule has 1 fully saturated rings. The maximum atomic E-state index is 12.5. The Balaban J connectivity index is 2.13. The van der Waals surface area contributed by atoms with Crippen molar-refractivity contribution in [2.24, 2.45) is 0 Å². The van der Waals surface area contributed by atoms with Gasteiger partial charge in [-0.3, -0.25) is 0 Å². The average Bonchev–Trinajstić information content (AvgIpc) is 2.91. The van der Waals surface area contributed by atoms with Gasteiger partial charge in [-0.1, -0.05) is 0 Å². The van der Waals surface area contributed by atoms with E-state index in [9.17, 15) is 8.42 Å². The van der Waals surface area contributed by atoms with Crippen molar-refractivity contribution in [3.05, 3.63) is 18.7 Å². The first-order chi connectivity index (χ1) is 8.93. The summed E-state index contributed by atoms with van der Waals surface area (Å²) in [6, 6.07) is 0.158. The summed E-state index contributed by atoms with van der Waals surface area (Å²) < 4.78 is 30.0. The van der Waals surface area contributed by atoms with E-state index in [4.69, 9.17) is 0 Å². The summed E-state index contributed by atoms with van der Waals surface area (Å²) >= 11 is 0. The van der Waals surface area contributed by atoms with Gasteiger partial charge in [0, 0.05) is 44.6 Å². The van der Waals surface area contributed by atoms with Crippen molar-refractivity contribution in [3.8, 4) is 0 Å². The first-order valence-electron chi connectivity index (χ1n) is 6.63. The second kappa shape index (κ2) is 5.60. The van der Waals surface area contributed by atoms with Gasteiger partial charge in [0.1, 0.15) is 0 Å². The largest absolute Gasteiger partial charge is 0.333 e. The van der Waals surface area contributed by atoms with E-state index in [0.29, 0.717) is 13.1 Å². The molecule has 2 rings (SSSR count). The van der Waals surface area contributed by atoms with Crippen molar-refractivity contribution in [2.75, 3.05) is 20.1 Å². The van der Waals surface area contributed by atoms with Crippen molar-refractivity contribution < 1.29 is 8.42 Å². The summed E-state index contributed by atoms with van der Waals surface area (Å²) in [4.78, 5) is 4.03. The van der Waals surface area contributed by atoms with E-state index in [-0.39, 0.29) is 12.1 Å². The fraction of sp³-hybridized carbons (Fsp3) is 0.750. The maximum Gasteiger partial charge on any atom is 0.282 e. The number of rotatable bonds is 4. The molecule has 1 aliphatic heterocycles. The molecule has 1 aromatic heterocycles. The van der Waals surface area contributed by atoms with Crippen molar-refractivity contribution >= 4 is 10.2 Å². The Labute approximate surface area is 115 Å². The molecule has 0 spiro atoms. The molecular formula is C12H22N4O2S. The molecule has 0 bridgehead atoms. The quantitative estimate of drug-likeness (QED) is 0.833. The molecule has 1 atom stereocenters. The van der Waals surface area contributed by atoms with Gasteiger partial charge >= 0.3 is 0 Å². The van der Waals surface area contributed by atoms with Crippen LogP contribution in [0.2, 0.25) is 0 Å². The fourth-order valence-corrected chi connectivity index (χ4v) is 3.93. The van der Waals surface area contributed by atoms with E-state index in [0.717, 1.165) is 12.8 Å². The lowest BCUT2D eigenvalue weighted by molar-refractivity contribution is 0.246. The van der Waals surface area contributed by atoms with Crippen molar-refractivity contribution in [2.45, 2.75) is 38.8 Å². The predicted molar refractivity (Wildman–Crippen MR) is 73.9 cm³/mol. The first kappa shape index (κ1) is 14.5. The zero-order chi connectivity index (χ0) is 14.0. The standard InChI is InChI=1S/C12H22N4O2S/c1-11(2)14(3)19(17,18)16-7-4-5-12(9-16)15-8-6-13-10-15/h6,8,10-12H,4-5,7,9H2,1-3H3/t12-/m1/s1. The molecule has 0 saturated carbocycles. The minimum atomic E-state index is -3.35. The summed E-state index contributed by atoms with van der Waals surface area (Å²) in [5.74, 6) is 0. The minimum absolute atomic E-state index is 0.0291. The summed E-state index contributed by atoms with van der Waals surface area (Å²) in [5, 5.41) is 0. The molecular weight excluding hydrogens is 264 g/mol. The molecule has 0 unspecified atom stereocenters. The van der Waals surface area contributed by atoms with E-state index >= 15 is 0 Å². The topological polar surface area (TPSA) is 58.4 Å². The zero-order valence-electron chi connectivity index (χ0n) is 11.7. The molecule has 1 saturated heterocycles. The molecule has 1 aromatic rings. The first-order valence-corrected chi connectivity index (χ1v) is 8.03. The van der Waals surface area contributed by atoms with Gasteiger partial charge in [0.2, 0.25) is 0 Å². The van der Waals surface area contributed by atoms with Crippen LogP contribution >= 0.6 is 0 Å². The second-order valence-electron chi connectivity index (χ2n) is 5.28. The van der Waals surface area contributed by atoms with Gasteiger partial charge in [-0.2, -0.15) is 17.0 Å². The zero-order valence-corrected chi connectivity index (χ0v) is 12.5. The Morgan fingerprint density at radius 1 is 1.42 bits per heavy atom. The smallest absolute Gasteiger partial charge is 0.282 e. The fourth-order valence-electron chi connectivity index (χ4n) is 2.31. The van der Waals surface area contributed by atoms with Crippen LogP contribution in [0.15, 0.2) is 18.7 Å². The third kappa shape index (κ3) is 2.98. The van der Waals surface area contributed by atoms with Gasteiger partial charge < -0.3 is 4.57 Å². The minimum Gasteiger partial charge on any atom is -0.333 e. The van der Waals surface area contributed by atoms with Crippen molar-refractivity contribution in [1.82, 2.24) is 18.2 Å². The van der Waals surface area contributed by atoms with Gasteiger partial charge in [0.25, 0.3) is 10.2 Å². The van der Waals surface area contributed by atoms with E-state index in [1.165, 1.54) is 4.31 Å². The van der Waals surface area contributed by atoms with Crippen LogP contribution in [0.25, 0.3) is 0 Å². The maximum absolute atomic E-state index is 12.5. The monoisotopic (exact) mass is 286 g/mol. The van der Waals surface area contributed by atoms with Crippen LogP contribution < -0.4 is 0 Å². The van der Waals surface area contributed by atoms with Crippen molar-refractivity contribution in [3.63, 3.8) is 0 Å². The Morgan fingerprint density at radius 3 is 2.74 bits per heavy atom. The highest BCUT2D eigenvalue weighted by atomic mass is 32.2. The average molecular weight is 286 g/mol. The molecule has 19 heavy (non-hydrogen) atoms. The van der Waals surface area contributed by atoms with Crippen LogP contribution in [-0.2, 0) is 10.2 Å². The third-order valence-corrected chi connectivity index (χ3v) is 5.86. The molecule has 1 aliphatic rings. The number of aromatic nitrogens is 2. The molecule has 6 nitrogen and oxygen atoms in total. The van der Waals surface area contributed by atoms with E-state index in [2.05, 4.69) is 4.98 Å². The van der Waals surface area contributed by atoms with Crippen molar-refractivity contribution in [1.29, 1.82) is 0 Å². The van der Waals surface area contributed by atoms with Crippen LogP contribution in [0.1, 0.15) is 32.7 Å². The van der Waals surface area contributed by atoms with E-state index < -0.39 is 10.2 Å². The van der Waals surface area contributed by atoms with E-state index in [1.54, 1.807) is 23.9 Å². The molecule has 0 aromatic carbocycles. The highest BCUT2D eigenvalue weighted by Gasteiger charge is 2.33. The molecule has 0 N–H and O–H groups in total. The molecule has 0 radical (unpaired) electrons. The Morgan fingerprint density at radius 2 is 2.16 bits per heavy atom. The van der Waals surface area contributed by atoms with Crippen LogP contribution in [0.4, 0.5) is 0 Å². The van der Waals surface area contributed by atoms with Gasteiger partial charge in [0.15, 0.2) is 0 Å². The number of piperidine rings is 1. The SMILES string of the molecule is CC(C)N(C)S(=O)(=O)N1CCC[C@@H](n2ccnc2)C1. The second-order valence-corrected chi connectivity index (χ2v) is 7.27. The summed E-state index contributed by atoms with van der Waals surface area (Å²) in [7, 11) is -1.71. The highest BCUT2D eigenvalue weighted by Crippen LogP contribution is 2.24. The van der Waals surface area contributed by atoms with Gasteiger partial charge in [-0.05, 0) is 26.7 Å². The Bertz CT molecular complexity index is 498. The lowest BCUT2D eigenvalue weighted by Crippen LogP contribution is -2.48. The molecule has 108 valence electrons. The number of nitrogens with zero attached hydrogens (tertiary/aromatic N) is 4. The lowest BCUT2D eigenvalue weighted by Gasteiger charge is -2.35. The highest BCUT2D eigenvalue weighted by molar-refractivity contribution is 7.86. The predicted octanol–water partition coefficient (Wildman–Crippen LogP) is 1.10. The summed E-state index contributed by atoms with van der Waals surface area (Å²) in [6.45, 7) is 4.89.